The van der Waals surface area contributed by atoms with E-state index in [1.54, 1.807) is 72.4 Å². The van der Waals surface area contributed by atoms with Gasteiger partial charge in [-0.15, -0.1) is 10.2 Å². The number of para-hydroxylation sites is 2. The highest BCUT2D eigenvalue weighted by Crippen LogP contribution is 2.37. The molecule has 7 rings (SSSR count). The van der Waals surface area contributed by atoms with Crippen LogP contribution < -0.4 is 4.72 Å². The molecule has 0 aliphatic carbocycles. The number of nitrogens with one attached hydrogen (secondary N) is 1. The average Bonchev–Trinajstić information content (AvgIpc) is 3.90. The molecule has 252 valence electrons. The Morgan fingerprint density at radius 2 is 1.66 bits per heavy atom. The van der Waals surface area contributed by atoms with E-state index in [0.717, 1.165) is 17.0 Å². The molecule has 1 amide bonds. The summed E-state index contributed by atoms with van der Waals surface area (Å²) in [6, 6.07) is 33.0. The zero-order valence-electron chi connectivity index (χ0n) is 26.4. The molecule has 2 unspecified atom stereocenters. The maximum absolute atomic E-state index is 14.1. The standard InChI is InChI=1S/C36H28Cl2N6O4S2/c1-23(35(45)44-32(33-15-8-20-48-33)22-31(41-44)24-16-18-26(37)19-17-24)49-36-40-39-34(43(36)27-10-3-2-4-11-27)25-9-7-12-28(21-25)50(46,47)42-30-14-6-5-13-29(30)38/h2-21,23,32,42H,22H2,1H3. The largest absolute Gasteiger partial charge is 0.467 e. The Bertz CT molecular complexity index is 2300. The van der Waals surface area contributed by atoms with Crippen LogP contribution in [0, 0.1) is 0 Å². The maximum Gasteiger partial charge on any atom is 0.261 e. The van der Waals surface area contributed by atoms with Crippen molar-refractivity contribution in [1.82, 2.24) is 19.8 Å². The molecular formula is C36H28Cl2N6O4S2. The average molecular weight is 744 g/mol. The first-order chi connectivity index (χ1) is 24.2. The third kappa shape index (κ3) is 6.92. The number of halogens is 2. The van der Waals surface area contributed by atoms with E-state index in [4.69, 9.17) is 32.7 Å². The van der Waals surface area contributed by atoms with Crippen molar-refractivity contribution in [3.63, 3.8) is 0 Å². The van der Waals surface area contributed by atoms with Gasteiger partial charge in [0.25, 0.3) is 15.9 Å². The van der Waals surface area contributed by atoms with Crippen molar-refractivity contribution in [2.24, 2.45) is 5.10 Å². The molecule has 1 aliphatic rings. The Kier molecular flexibility index (Phi) is 9.52. The zero-order valence-corrected chi connectivity index (χ0v) is 29.5. The summed E-state index contributed by atoms with van der Waals surface area (Å²) >= 11 is 13.6. The second kappa shape index (κ2) is 14.2. The van der Waals surface area contributed by atoms with Crippen LogP contribution in [0.15, 0.2) is 141 Å². The summed E-state index contributed by atoms with van der Waals surface area (Å²) < 4.78 is 36.9. The van der Waals surface area contributed by atoms with Crippen LogP contribution in [-0.4, -0.2) is 45.1 Å². The number of anilines is 1. The zero-order chi connectivity index (χ0) is 34.8. The van der Waals surface area contributed by atoms with Gasteiger partial charge in [0.15, 0.2) is 11.0 Å². The van der Waals surface area contributed by atoms with Gasteiger partial charge in [0, 0.05) is 22.7 Å². The number of carbonyl (C=O) groups is 1. The number of sulfonamides is 1. The van der Waals surface area contributed by atoms with Gasteiger partial charge >= 0.3 is 0 Å². The molecule has 10 nitrogen and oxygen atoms in total. The molecule has 0 radical (unpaired) electrons. The van der Waals surface area contributed by atoms with Crippen LogP contribution in [0.1, 0.15) is 30.7 Å². The predicted molar refractivity (Wildman–Crippen MR) is 195 cm³/mol. The van der Waals surface area contributed by atoms with E-state index in [9.17, 15) is 13.2 Å². The minimum absolute atomic E-state index is 0.0163. The van der Waals surface area contributed by atoms with Gasteiger partial charge in [-0.05, 0) is 73.2 Å². The highest BCUT2D eigenvalue weighted by atomic mass is 35.5. The van der Waals surface area contributed by atoms with Gasteiger partial charge < -0.3 is 4.42 Å². The first-order valence-corrected chi connectivity index (χ1v) is 18.5. The smallest absolute Gasteiger partial charge is 0.261 e. The van der Waals surface area contributed by atoms with Crippen LogP contribution in [0.25, 0.3) is 17.1 Å². The Morgan fingerprint density at radius 3 is 2.40 bits per heavy atom. The van der Waals surface area contributed by atoms with Gasteiger partial charge in [0.1, 0.15) is 11.8 Å². The monoisotopic (exact) mass is 742 g/mol. The molecule has 3 heterocycles. The van der Waals surface area contributed by atoms with Crippen LogP contribution in [0.2, 0.25) is 10.0 Å². The molecule has 2 atom stereocenters. The molecule has 0 saturated heterocycles. The Hall–Kier alpha value is -4.88. The second-order valence-electron chi connectivity index (χ2n) is 11.3. The van der Waals surface area contributed by atoms with Gasteiger partial charge in [-0.3, -0.25) is 14.1 Å². The minimum Gasteiger partial charge on any atom is -0.467 e. The van der Waals surface area contributed by atoms with E-state index >= 15 is 0 Å². The van der Waals surface area contributed by atoms with Crippen molar-refractivity contribution in [2.75, 3.05) is 4.72 Å². The molecule has 1 N–H and O–H groups in total. The van der Waals surface area contributed by atoms with Gasteiger partial charge in [-0.2, -0.15) is 5.10 Å². The maximum atomic E-state index is 14.1. The number of hydrazone groups is 1. The van der Waals surface area contributed by atoms with Crippen molar-refractivity contribution in [1.29, 1.82) is 0 Å². The van der Waals surface area contributed by atoms with E-state index < -0.39 is 21.3 Å². The van der Waals surface area contributed by atoms with E-state index in [-0.39, 0.29) is 21.5 Å². The number of nitrogens with zero attached hydrogens (tertiary/aromatic N) is 5. The van der Waals surface area contributed by atoms with Crippen molar-refractivity contribution in [3.8, 4) is 17.1 Å². The number of aromatic nitrogens is 3. The first kappa shape index (κ1) is 33.6. The lowest BCUT2D eigenvalue weighted by atomic mass is 10.0. The number of thioether (sulfide) groups is 1. The van der Waals surface area contributed by atoms with E-state index in [2.05, 4.69) is 14.9 Å². The lowest BCUT2D eigenvalue weighted by Gasteiger charge is -2.23. The molecular weight excluding hydrogens is 715 g/mol. The SMILES string of the molecule is CC(Sc1nnc(-c2cccc(S(=O)(=O)Nc3ccccc3Cl)c2)n1-c1ccccc1)C(=O)N1N=C(c2ccc(Cl)cc2)CC1c1ccco1. The summed E-state index contributed by atoms with van der Waals surface area (Å²) in [5.41, 5.74) is 3.10. The highest BCUT2D eigenvalue weighted by molar-refractivity contribution is 8.00. The van der Waals surface area contributed by atoms with Crippen LogP contribution >= 0.6 is 35.0 Å². The number of hydrogen-bond acceptors (Lipinski definition) is 8. The van der Waals surface area contributed by atoms with Crippen molar-refractivity contribution >= 4 is 62.3 Å². The third-order valence-corrected chi connectivity index (χ3v) is 11.0. The molecule has 0 saturated carbocycles. The molecule has 0 spiro atoms. The fourth-order valence-electron chi connectivity index (χ4n) is 5.52. The van der Waals surface area contributed by atoms with Crippen molar-refractivity contribution in [3.05, 3.63) is 143 Å². The number of amides is 1. The summed E-state index contributed by atoms with van der Waals surface area (Å²) in [6.07, 6.45) is 2.04. The van der Waals surface area contributed by atoms with Gasteiger partial charge in [0.2, 0.25) is 0 Å². The number of furan rings is 1. The predicted octanol–water partition coefficient (Wildman–Crippen LogP) is 8.49. The molecule has 6 aromatic rings. The van der Waals surface area contributed by atoms with Crippen molar-refractivity contribution in [2.45, 2.75) is 34.7 Å². The molecule has 4 aromatic carbocycles. The summed E-state index contributed by atoms with van der Waals surface area (Å²) in [6.45, 7) is 1.79. The summed E-state index contributed by atoms with van der Waals surface area (Å²) in [5, 5.41) is 15.9. The quantitative estimate of drug-likeness (QED) is 0.140. The van der Waals surface area contributed by atoms with E-state index in [1.165, 1.54) is 28.9 Å². The second-order valence-corrected chi connectivity index (χ2v) is 15.2. The molecule has 0 fully saturated rings. The highest BCUT2D eigenvalue weighted by Gasteiger charge is 2.37. The Morgan fingerprint density at radius 1 is 0.900 bits per heavy atom. The molecule has 14 heteroatoms. The van der Waals surface area contributed by atoms with Crippen LogP contribution in [0.4, 0.5) is 5.69 Å². The number of hydrogen-bond donors (Lipinski definition) is 1. The topological polar surface area (TPSA) is 123 Å². The van der Waals surface area contributed by atoms with Gasteiger partial charge in [-0.1, -0.05) is 89.6 Å². The van der Waals surface area contributed by atoms with Crippen LogP contribution in [0.3, 0.4) is 0 Å². The van der Waals surface area contributed by atoms with Gasteiger partial charge in [0.05, 0.1) is 32.8 Å². The first-order valence-electron chi connectivity index (χ1n) is 15.4. The Balaban J connectivity index is 1.21. The fraction of sp³-hybridized carbons (Fsp3) is 0.111. The Labute approximate surface area is 302 Å². The van der Waals surface area contributed by atoms with Gasteiger partial charge in [-0.25, -0.2) is 13.4 Å². The lowest BCUT2D eigenvalue weighted by molar-refractivity contribution is -0.132. The summed E-state index contributed by atoms with van der Waals surface area (Å²) in [7, 11) is -4.00. The third-order valence-electron chi connectivity index (χ3n) is 7.98. The molecule has 1 aliphatic heterocycles. The molecule has 50 heavy (non-hydrogen) atoms. The van der Waals surface area contributed by atoms with Crippen LogP contribution in [0.5, 0.6) is 0 Å². The summed E-state index contributed by atoms with van der Waals surface area (Å²) in [4.78, 5) is 14.2. The molecule has 2 aromatic heterocycles. The fourth-order valence-corrected chi connectivity index (χ4v) is 7.92. The van der Waals surface area contributed by atoms with Crippen molar-refractivity contribution < 1.29 is 17.6 Å². The van der Waals surface area contributed by atoms with Crippen LogP contribution in [-0.2, 0) is 14.8 Å². The number of benzene rings is 4. The summed E-state index contributed by atoms with van der Waals surface area (Å²) in [5.74, 6) is 0.769. The number of rotatable bonds is 10. The van der Waals surface area contributed by atoms with E-state index in [0.29, 0.717) is 33.7 Å². The number of carbonyl (C=O) groups excluding carboxylic acids is 1. The van der Waals surface area contributed by atoms with E-state index in [1.807, 2.05) is 48.5 Å². The minimum atomic E-state index is -4.00. The lowest BCUT2D eigenvalue weighted by Crippen LogP contribution is -2.33. The normalized spacial score (nSPS) is 15.1. The molecule has 0 bridgehead atoms.